The third-order valence-electron chi connectivity index (χ3n) is 3.40. The Morgan fingerprint density at radius 2 is 1.65 bits per heavy atom. The minimum Gasteiger partial charge on any atom is -0.478 e. The first-order valence-corrected chi connectivity index (χ1v) is 8.17. The van der Waals surface area contributed by atoms with Crippen LogP contribution in [0, 0.1) is 19.7 Å². The first-order chi connectivity index (χ1) is 10.6. The van der Waals surface area contributed by atoms with Gasteiger partial charge in [0.2, 0.25) is 0 Å². The van der Waals surface area contributed by atoms with E-state index in [0.29, 0.717) is 5.69 Å². The fourth-order valence-corrected chi connectivity index (χ4v) is 3.46. The maximum absolute atomic E-state index is 13.4. The van der Waals surface area contributed by atoms with Gasteiger partial charge in [0.25, 0.3) is 10.0 Å². The molecular formula is C16H16FNO4S. The molecule has 0 saturated heterocycles. The Morgan fingerprint density at radius 1 is 1.09 bits per heavy atom. The molecule has 1 N–H and O–H groups in total. The fourth-order valence-electron chi connectivity index (χ4n) is 2.26. The van der Waals surface area contributed by atoms with E-state index in [1.807, 2.05) is 19.9 Å². The summed E-state index contributed by atoms with van der Waals surface area (Å²) in [4.78, 5) is 10.7. The van der Waals surface area contributed by atoms with E-state index in [0.717, 1.165) is 33.6 Å². The Labute approximate surface area is 134 Å². The molecule has 0 unspecified atom stereocenters. The van der Waals surface area contributed by atoms with Gasteiger partial charge in [0.1, 0.15) is 5.82 Å². The molecule has 122 valence electrons. The second kappa shape index (κ2) is 6.00. The lowest BCUT2D eigenvalue weighted by atomic mass is 10.1. The van der Waals surface area contributed by atoms with Gasteiger partial charge in [-0.1, -0.05) is 6.07 Å². The predicted octanol–water partition coefficient (Wildman–Crippen LogP) is 2.97. The molecule has 23 heavy (non-hydrogen) atoms. The van der Waals surface area contributed by atoms with Crippen molar-refractivity contribution in [1.29, 1.82) is 0 Å². The third-order valence-corrected chi connectivity index (χ3v) is 5.18. The summed E-state index contributed by atoms with van der Waals surface area (Å²) in [5.74, 6) is -2.50. The second-order valence-corrected chi connectivity index (χ2v) is 7.23. The van der Waals surface area contributed by atoms with Gasteiger partial charge < -0.3 is 5.11 Å². The SMILES string of the molecule is Cc1cc(C)cc(N(C)S(=O)(=O)c2ccc(F)c(C(=O)O)c2)c1. The quantitative estimate of drug-likeness (QED) is 0.931. The number of anilines is 1. The highest BCUT2D eigenvalue weighted by Crippen LogP contribution is 2.25. The van der Waals surface area contributed by atoms with Gasteiger partial charge in [-0.3, -0.25) is 4.31 Å². The van der Waals surface area contributed by atoms with Gasteiger partial charge in [-0.05, 0) is 55.3 Å². The van der Waals surface area contributed by atoms with E-state index in [9.17, 15) is 17.6 Å². The minimum atomic E-state index is -3.99. The third kappa shape index (κ3) is 3.34. The van der Waals surface area contributed by atoms with Crippen molar-refractivity contribution in [2.24, 2.45) is 0 Å². The van der Waals surface area contributed by atoms with E-state index in [1.165, 1.54) is 7.05 Å². The van der Waals surface area contributed by atoms with Crippen molar-refractivity contribution in [3.63, 3.8) is 0 Å². The number of nitrogens with zero attached hydrogens (tertiary/aromatic N) is 1. The molecule has 0 aromatic heterocycles. The molecule has 0 radical (unpaired) electrons. The summed E-state index contributed by atoms with van der Waals surface area (Å²) < 4.78 is 39.8. The number of benzene rings is 2. The van der Waals surface area contributed by atoms with Crippen molar-refractivity contribution in [3.8, 4) is 0 Å². The number of halogens is 1. The van der Waals surface area contributed by atoms with Gasteiger partial charge in [0.15, 0.2) is 0 Å². The Kier molecular flexibility index (Phi) is 4.42. The van der Waals surface area contributed by atoms with Crippen LogP contribution in [-0.4, -0.2) is 26.5 Å². The fraction of sp³-hybridized carbons (Fsp3) is 0.188. The molecule has 0 spiro atoms. The monoisotopic (exact) mass is 337 g/mol. The van der Waals surface area contributed by atoms with E-state index < -0.39 is 27.4 Å². The summed E-state index contributed by atoms with van der Waals surface area (Å²) in [7, 11) is -2.63. The molecule has 2 rings (SSSR count). The van der Waals surface area contributed by atoms with Gasteiger partial charge >= 0.3 is 5.97 Å². The van der Waals surface area contributed by atoms with Crippen molar-refractivity contribution in [2.75, 3.05) is 11.4 Å². The Morgan fingerprint density at radius 3 is 2.17 bits per heavy atom. The van der Waals surface area contributed by atoms with Crippen molar-refractivity contribution < 1.29 is 22.7 Å². The molecule has 0 aliphatic rings. The van der Waals surface area contributed by atoms with E-state index in [-0.39, 0.29) is 4.90 Å². The summed E-state index contributed by atoms with van der Waals surface area (Å²) in [6.45, 7) is 3.69. The molecule has 7 heteroatoms. The number of hydrogen-bond donors (Lipinski definition) is 1. The van der Waals surface area contributed by atoms with Crippen LogP contribution in [0.15, 0.2) is 41.3 Å². The van der Waals surface area contributed by atoms with Crippen molar-refractivity contribution in [1.82, 2.24) is 0 Å². The summed E-state index contributed by atoms with van der Waals surface area (Å²) in [5.41, 5.74) is 1.56. The van der Waals surface area contributed by atoms with Crippen LogP contribution in [0.3, 0.4) is 0 Å². The van der Waals surface area contributed by atoms with Crippen LogP contribution in [0.1, 0.15) is 21.5 Å². The molecular weight excluding hydrogens is 321 g/mol. The molecule has 0 heterocycles. The van der Waals surface area contributed by atoms with E-state index in [4.69, 9.17) is 5.11 Å². The number of hydrogen-bond acceptors (Lipinski definition) is 3. The zero-order chi connectivity index (χ0) is 17.4. The maximum atomic E-state index is 13.4. The Bertz CT molecular complexity index is 857. The first kappa shape index (κ1) is 17.0. The van der Waals surface area contributed by atoms with Crippen molar-refractivity contribution in [2.45, 2.75) is 18.7 Å². The molecule has 5 nitrogen and oxygen atoms in total. The van der Waals surface area contributed by atoms with Crippen LogP contribution in [-0.2, 0) is 10.0 Å². The summed E-state index contributed by atoms with van der Waals surface area (Å²) >= 11 is 0. The number of carboxylic acid groups (broad SMARTS) is 1. The maximum Gasteiger partial charge on any atom is 0.338 e. The molecule has 2 aromatic carbocycles. The molecule has 0 aliphatic heterocycles. The largest absolute Gasteiger partial charge is 0.478 e. The van der Waals surface area contributed by atoms with Crippen LogP contribution in [0.5, 0.6) is 0 Å². The van der Waals surface area contributed by atoms with Gasteiger partial charge in [-0.15, -0.1) is 0 Å². The predicted molar refractivity (Wildman–Crippen MR) is 84.9 cm³/mol. The highest BCUT2D eigenvalue weighted by molar-refractivity contribution is 7.92. The highest BCUT2D eigenvalue weighted by atomic mass is 32.2. The molecule has 0 atom stereocenters. The standard InChI is InChI=1S/C16H16FNO4S/c1-10-6-11(2)8-12(7-10)18(3)23(21,22)13-4-5-15(17)14(9-13)16(19)20/h4-9H,1-3H3,(H,19,20). The molecule has 0 bridgehead atoms. The lowest BCUT2D eigenvalue weighted by Gasteiger charge is -2.21. The summed E-state index contributed by atoms with van der Waals surface area (Å²) in [6, 6.07) is 8.02. The highest BCUT2D eigenvalue weighted by Gasteiger charge is 2.24. The van der Waals surface area contributed by atoms with Crippen LogP contribution in [0.2, 0.25) is 0 Å². The van der Waals surface area contributed by atoms with Crippen molar-refractivity contribution in [3.05, 3.63) is 58.9 Å². The van der Waals surface area contributed by atoms with E-state index in [2.05, 4.69) is 0 Å². The number of aryl methyl sites for hydroxylation is 2. The van der Waals surface area contributed by atoms with Gasteiger partial charge in [0.05, 0.1) is 16.1 Å². The average molecular weight is 337 g/mol. The second-order valence-electron chi connectivity index (χ2n) is 5.27. The minimum absolute atomic E-state index is 0.280. The van der Waals surface area contributed by atoms with Crippen LogP contribution in [0.4, 0.5) is 10.1 Å². The van der Waals surface area contributed by atoms with E-state index in [1.54, 1.807) is 12.1 Å². The van der Waals surface area contributed by atoms with Crippen LogP contribution in [0.25, 0.3) is 0 Å². The number of sulfonamides is 1. The average Bonchev–Trinajstić information content (AvgIpc) is 2.45. The zero-order valence-electron chi connectivity index (χ0n) is 12.9. The molecule has 0 fully saturated rings. The smallest absolute Gasteiger partial charge is 0.338 e. The number of rotatable bonds is 4. The van der Waals surface area contributed by atoms with Crippen LogP contribution < -0.4 is 4.31 Å². The normalized spacial score (nSPS) is 11.3. The van der Waals surface area contributed by atoms with Gasteiger partial charge in [-0.25, -0.2) is 17.6 Å². The Hall–Kier alpha value is -2.41. The summed E-state index contributed by atoms with van der Waals surface area (Å²) in [5, 5.41) is 8.94. The summed E-state index contributed by atoms with van der Waals surface area (Å²) in [6.07, 6.45) is 0. The Balaban J connectivity index is 2.53. The molecule has 0 aliphatic carbocycles. The van der Waals surface area contributed by atoms with Gasteiger partial charge in [0, 0.05) is 7.05 Å². The first-order valence-electron chi connectivity index (χ1n) is 6.73. The van der Waals surface area contributed by atoms with Crippen LogP contribution >= 0.6 is 0 Å². The van der Waals surface area contributed by atoms with E-state index >= 15 is 0 Å². The molecule has 0 amide bonds. The van der Waals surface area contributed by atoms with Crippen molar-refractivity contribution >= 4 is 21.7 Å². The topological polar surface area (TPSA) is 74.7 Å². The molecule has 2 aromatic rings. The number of aromatic carboxylic acids is 1. The van der Waals surface area contributed by atoms with Gasteiger partial charge in [-0.2, -0.15) is 0 Å². The lowest BCUT2D eigenvalue weighted by Crippen LogP contribution is -2.27. The lowest BCUT2D eigenvalue weighted by molar-refractivity contribution is 0.0691. The number of carbonyl (C=O) groups is 1. The zero-order valence-corrected chi connectivity index (χ0v) is 13.7. The molecule has 0 saturated carbocycles. The number of carboxylic acids is 1.